The fraction of sp³-hybridized carbons (Fsp3) is 0.611. The smallest absolute Gasteiger partial charge is 0.267 e. The van der Waals surface area contributed by atoms with Crippen LogP contribution in [0.1, 0.15) is 42.1 Å². The van der Waals surface area contributed by atoms with Crippen molar-refractivity contribution in [2.24, 2.45) is 5.84 Å². The highest BCUT2D eigenvalue weighted by molar-refractivity contribution is 5.93. The number of hydrogen-bond acceptors (Lipinski definition) is 4. The maximum atomic E-state index is 12.3. The van der Waals surface area contributed by atoms with E-state index in [1.54, 1.807) is 0 Å². The molecular formula is C18H30N4O. The molecule has 0 radical (unpaired) electrons. The van der Waals surface area contributed by atoms with Crippen LogP contribution in [0.2, 0.25) is 0 Å². The van der Waals surface area contributed by atoms with Crippen LogP contribution in [0.25, 0.3) is 0 Å². The van der Waals surface area contributed by atoms with E-state index in [2.05, 4.69) is 23.8 Å². The molecule has 1 aliphatic rings. The summed E-state index contributed by atoms with van der Waals surface area (Å²) in [5.41, 5.74) is 1.92. The van der Waals surface area contributed by atoms with Crippen LogP contribution in [-0.2, 0) is 6.54 Å². The molecule has 2 rings (SSSR count). The second-order valence-corrected chi connectivity index (χ2v) is 6.48. The van der Waals surface area contributed by atoms with Crippen molar-refractivity contribution < 1.29 is 4.79 Å². The van der Waals surface area contributed by atoms with Crippen molar-refractivity contribution in [2.75, 3.05) is 39.8 Å². The van der Waals surface area contributed by atoms with Gasteiger partial charge >= 0.3 is 0 Å². The number of benzene rings is 1. The fourth-order valence-electron chi connectivity index (χ4n) is 2.82. The van der Waals surface area contributed by atoms with E-state index in [-0.39, 0.29) is 5.91 Å². The monoisotopic (exact) mass is 318 g/mol. The zero-order valence-corrected chi connectivity index (χ0v) is 14.5. The van der Waals surface area contributed by atoms with E-state index in [1.165, 1.54) is 10.6 Å². The Labute approximate surface area is 140 Å². The number of unbranched alkanes of at least 4 members (excludes halogenated alkanes) is 2. The molecule has 0 spiro atoms. The summed E-state index contributed by atoms with van der Waals surface area (Å²) in [6.45, 7) is 8.16. The fourth-order valence-corrected chi connectivity index (χ4v) is 2.82. The van der Waals surface area contributed by atoms with Gasteiger partial charge in [0.2, 0.25) is 0 Å². The number of amides is 1. The molecule has 5 nitrogen and oxygen atoms in total. The Kier molecular flexibility index (Phi) is 7.02. The molecule has 0 bridgehead atoms. The molecule has 23 heavy (non-hydrogen) atoms. The number of carbonyl (C=O) groups is 1. The maximum Gasteiger partial charge on any atom is 0.267 e. The summed E-state index contributed by atoms with van der Waals surface area (Å²) < 4.78 is 0. The van der Waals surface area contributed by atoms with Gasteiger partial charge in [-0.3, -0.25) is 14.7 Å². The molecule has 5 heteroatoms. The minimum atomic E-state index is -0.0905. The number of carbonyl (C=O) groups excluding carboxylic acids is 1. The SMILES string of the molecule is CCCCCN(N)C(=O)c1ccc(CN2CCN(C)CC2)cc1. The number of rotatable bonds is 7. The Hall–Kier alpha value is -1.43. The lowest BCUT2D eigenvalue weighted by Gasteiger charge is -2.32. The Balaban J connectivity index is 1.84. The summed E-state index contributed by atoms with van der Waals surface area (Å²) in [7, 11) is 2.16. The van der Waals surface area contributed by atoms with Crippen LogP contribution in [0.5, 0.6) is 0 Å². The highest BCUT2D eigenvalue weighted by atomic mass is 16.2. The largest absolute Gasteiger partial charge is 0.304 e. The van der Waals surface area contributed by atoms with E-state index >= 15 is 0 Å². The molecule has 0 aliphatic carbocycles. The van der Waals surface area contributed by atoms with Crippen molar-refractivity contribution in [1.82, 2.24) is 14.8 Å². The van der Waals surface area contributed by atoms with E-state index in [1.807, 2.05) is 24.3 Å². The van der Waals surface area contributed by atoms with Crippen molar-refractivity contribution in [3.8, 4) is 0 Å². The molecule has 1 amide bonds. The summed E-state index contributed by atoms with van der Waals surface area (Å²) in [6, 6.07) is 7.89. The Morgan fingerprint density at radius 2 is 1.78 bits per heavy atom. The summed E-state index contributed by atoms with van der Waals surface area (Å²) >= 11 is 0. The predicted molar refractivity (Wildman–Crippen MR) is 94.0 cm³/mol. The third-order valence-electron chi connectivity index (χ3n) is 4.47. The van der Waals surface area contributed by atoms with Crippen molar-refractivity contribution in [3.05, 3.63) is 35.4 Å². The van der Waals surface area contributed by atoms with Crippen molar-refractivity contribution in [2.45, 2.75) is 32.7 Å². The van der Waals surface area contributed by atoms with Crippen LogP contribution in [0.3, 0.4) is 0 Å². The third kappa shape index (κ3) is 5.61. The molecule has 0 saturated carbocycles. The van der Waals surface area contributed by atoms with E-state index in [0.29, 0.717) is 12.1 Å². The molecule has 1 aromatic rings. The molecule has 1 saturated heterocycles. The topological polar surface area (TPSA) is 52.8 Å². The number of nitrogens with two attached hydrogens (primary N) is 1. The molecular weight excluding hydrogens is 288 g/mol. The lowest BCUT2D eigenvalue weighted by atomic mass is 10.1. The Morgan fingerprint density at radius 3 is 2.39 bits per heavy atom. The van der Waals surface area contributed by atoms with Gasteiger partial charge in [-0.05, 0) is 31.2 Å². The first-order valence-corrected chi connectivity index (χ1v) is 8.66. The summed E-state index contributed by atoms with van der Waals surface area (Å²) in [4.78, 5) is 17.1. The first-order chi connectivity index (χ1) is 11.1. The average molecular weight is 318 g/mol. The lowest BCUT2D eigenvalue weighted by molar-refractivity contribution is 0.0752. The van der Waals surface area contributed by atoms with E-state index in [9.17, 15) is 4.79 Å². The van der Waals surface area contributed by atoms with Gasteiger partial charge in [0.05, 0.1) is 0 Å². The second kappa shape index (κ2) is 9.01. The van der Waals surface area contributed by atoms with Crippen LogP contribution in [0.15, 0.2) is 24.3 Å². The molecule has 0 aromatic heterocycles. The summed E-state index contributed by atoms with van der Waals surface area (Å²) in [5.74, 6) is 5.77. The van der Waals surface area contributed by atoms with Crippen LogP contribution >= 0.6 is 0 Å². The van der Waals surface area contributed by atoms with Crippen LogP contribution in [0.4, 0.5) is 0 Å². The standard InChI is InChI=1S/C18H30N4O/c1-3-4-5-10-22(19)18(23)17-8-6-16(7-9-17)15-21-13-11-20(2)12-14-21/h6-9H,3-5,10-15,19H2,1-2H3. The van der Waals surface area contributed by atoms with Gasteiger partial charge < -0.3 is 4.90 Å². The zero-order chi connectivity index (χ0) is 16.7. The molecule has 0 unspecified atom stereocenters. The highest BCUT2D eigenvalue weighted by Gasteiger charge is 2.15. The first kappa shape index (κ1) is 17.9. The molecule has 1 aliphatic heterocycles. The first-order valence-electron chi connectivity index (χ1n) is 8.66. The Bertz CT molecular complexity index is 480. The van der Waals surface area contributed by atoms with Crippen molar-refractivity contribution in [1.29, 1.82) is 0 Å². The molecule has 1 aromatic carbocycles. The summed E-state index contributed by atoms with van der Waals surface area (Å²) in [5, 5.41) is 1.34. The average Bonchev–Trinajstić information content (AvgIpc) is 2.57. The zero-order valence-electron chi connectivity index (χ0n) is 14.5. The molecule has 128 valence electrons. The van der Waals surface area contributed by atoms with Gasteiger partial charge in [0.15, 0.2) is 0 Å². The third-order valence-corrected chi connectivity index (χ3v) is 4.47. The van der Waals surface area contributed by atoms with Gasteiger partial charge in [0.1, 0.15) is 0 Å². The van der Waals surface area contributed by atoms with Crippen LogP contribution < -0.4 is 5.84 Å². The minimum Gasteiger partial charge on any atom is -0.304 e. The summed E-state index contributed by atoms with van der Waals surface area (Å²) in [6.07, 6.45) is 3.19. The number of piperazine rings is 1. The molecule has 0 atom stereocenters. The number of hydrogen-bond donors (Lipinski definition) is 1. The quantitative estimate of drug-likeness (QED) is 0.361. The lowest BCUT2D eigenvalue weighted by Crippen LogP contribution is -2.43. The minimum absolute atomic E-state index is 0.0905. The Morgan fingerprint density at radius 1 is 1.13 bits per heavy atom. The van der Waals surface area contributed by atoms with Gasteiger partial charge in [-0.25, -0.2) is 5.84 Å². The van der Waals surface area contributed by atoms with Crippen molar-refractivity contribution >= 4 is 5.91 Å². The van der Waals surface area contributed by atoms with Gasteiger partial charge in [0, 0.05) is 44.8 Å². The highest BCUT2D eigenvalue weighted by Crippen LogP contribution is 2.11. The van der Waals surface area contributed by atoms with Gasteiger partial charge in [0.25, 0.3) is 5.91 Å². The molecule has 1 heterocycles. The number of nitrogens with zero attached hydrogens (tertiary/aromatic N) is 3. The molecule has 1 fully saturated rings. The number of likely N-dealkylation sites (N-methyl/N-ethyl adjacent to an activating group) is 1. The van der Waals surface area contributed by atoms with Gasteiger partial charge in [-0.1, -0.05) is 31.9 Å². The van der Waals surface area contributed by atoms with Gasteiger partial charge in [-0.15, -0.1) is 0 Å². The normalized spacial score (nSPS) is 16.5. The van der Waals surface area contributed by atoms with E-state index in [4.69, 9.17) is 5.84 Å². The molecule has 2 N–H and O–H groups in total. The second-order valence-electron chi connectivity index (χ2n) is 6.48. The maximum absolute atomic E-state index is 12.3. The van der Waals surface area contributed by atoms with E-state index < -0.39 is 0 Å². The number of hydrazine groups is 1. The van der Waals surface area contributed by atoms with Crippen molar-refractivity contribution in [3.63, 3.8) is 0 Å². The van der Waals surface area contributed by atoms with Crippen LogP contribution in [0, 0.1) is 0 Å². The van der Waals surface area contributed by atoms with Crippen LogP contribution in [-0.4, -0.2) is 60.5 Å². The van der Waals surface area contributed by atoms with Gasteiger partial charge in [-0.2, -0.15) is 0 Å². The van der Waals surface area contributed by atoms with E-state index in [0.717, 1.165) is 52.0 Å². The predicted octanol–water partition coefficient (Wildman–Crippen LogP) is 1.94.